The van der Waals surface area contributed by atoms with Gasteiger partial charge in [0.05, 0.1) is 0 Å². The van der Waals surface area contributed by atoms with Crippen molar-refractivity contribution in [3.05, 3.63) is 0 Å². The monoisotopic (exact) mass is 438 g/mol. The van der Waals surface area contributed by atoms with E-state index in [0.29, 0.717) is 0 Å². The van der Waals surface area contributed by atoms with Crippen LogP contribution in [0.1, 0.15) is 0 Å². The van der Waals surface area contributed by atoms with E-state index in [1.54, 1.807) is 0 Å². The number of hydrogen-bond donors (Lipinski definition) is 0. The molecular weight excluding hydrogens is 438 g/mol. The SMILES string of the molecule is FF.FF.FF.FS(F)(F)F.FS(F)(F)F.FS(F)(F)F. The Balaban J connectivity index is -0.0000000340. The van der Waals surface area contributed by atoms with Crippen molar-refractivity contribution in [2.24, 2.45) is 0 Å². The summed E-state index contributed by atoms with van der Waals surface area (Å²) >= 11 is -18.5. The molecule has 0 aliphatic rings. The summed E-state index contributed by atoms with van der Waals surface area (Å²) in [5, 5.41) is 0. The topological polar surface area (TPSA) is 0 Å². The predicted octanol–water partition coefficient (Wildman–Crippen LogP) is 9.51. The molecule has 0 saturated carbocycles. The molecule has 0 aliphatic carbocycles. The Morgan fingerprint density at radius 3 is 0.238 bits per heavy atom. The van der Waals surface area contributed by atoms with E-state index in [1.807, 2.05) is 0 Å². The molecule has 0 aromatic carbocycles. The van der Waals surface area contributed by atoms with E-state index in [1.165, 1.54) is 0 Å². The van der Waals surface area contributed by atoms with Crippen molar-refractivity contribution < 1.29 is 74.1 Å². The average Bonchev–Trinajstić information content (AvgIpc) is 2.18. The van der Waals surface area contributed by atoms with Crippen molar-refractivity contribution in [3.63, 3.8) is 0 Å². The molecule has 0 aromatic heterocycles. The molecule has 21 heteroatoms. The maximum atomic E-state index is 9.77. The molecule has 0 rings (SSSR count). The van der Waals surface area contributed by atoms with E-state index < -0.39 is 34.7 Å². The predicted molar refractivity (Wildman–Crippen MR) is 42.7 cm³/mol. The highest BCUT2D eigenvalue weighted by Crippen LogP contribution is 2.55. The highest BCUT2D eigenvalue weighted by Gasteiger charge is 2.17. The minimum atomic E-state index is -6.17. The summed E-state index contributed by atoms with van der Waals surface area (Å²) in [6.45, 7) is 0. The van der Waals surface area contributed by atoms with Crippen molar-refractivity contribution >= 4 is 34.7 Å². The normalized spacial score (nSPS) is 11.7. The molecular formula is F18S3. The van der Waals surface area contributed by atoms with Gasteiger partial charge in [-0.1, -0.05) is 46.6 Å². The Kier molecular flexibility index (Phi) is 39.1. The fourth-order valence-electron chi connectivity index (χ4n) is 0. The molecule has 0 heterocycles. The standard InChI is InChI=1S/3F4S.3F2/c3*1-5(2,3)4;3*1-2. The number of hydrogen-bond acceptors (Lipinski definition) is 0. The first-order valence-electron chi connectivity index (χ1n) is 2.28. The second-order valence-corrected chi connectivity index (χ2v) is 3.15. The van der Waals surface area contributed by atoms with Crippen molar-refractivity contribution in [1.82, 2.24) is 0 Å². The largest absolute Gasteiger partial charge is 0.379 e. The molecule has 0 unspecified atom stereocenters. The summed E-state index contributed by atoms with van der Waals surface area (Å²) < 4.78 is 165. The lowest BCUT2D eigenvalue weighted by molar-refractivity contribution is 0.108. The minimum absolute atomic E-state index is 6.17. The van der Waals surface area contributed by atoms with Crippen molar-refractivity contribution in [2.75, 3.05) is 0 Å². The zero-order valence-electron chi connectivity index (χ0n) is 8.03. The molecule has 0 radical (unpaired) electrons. The van der Waals surface area contributed by atoms with Crippen LogP contribution in [-0.2, 0) is 0 Å². The molecule has 0 saturated heterocycles. The Labute approximate surface area is 110 Å². The Morgan fingerprint density at radius 1 is 0.238 bits per heavy atom. The zero-order chi connectivity index (χ0) is 19.5. The average molecular weight is 438 g/mol. The first-order chi connectivity index (χ1) is 9.00. The second kappa shape index (κ2) is 22.1. The molecule has 21 heavy (non-hydrogen) atoms. The maximum Gasteiger partial charge on any atom is 0.379 e. The van der Waals surface area contributed by atoms with Crippen LogP contribution in [0.25, 0.3) is 0 Å². The fourth-order valence-corrected chi connectivity index (χ4v) is 0. The third-order valence-electron chi connectivity index (χ3n) is 0. The van der Waals surface area contributed by atoms with Crippen LogP contribution in [0.15, 0.2) is 0 Å². The number of halogens is 18. The quantitative estimate of drug-likeness (QED) is 0.331. The first kappa shape index (κ1) is 37.2. The van der Waals surface area contributed by atoms with E-state index in [2.05, 4.69) is 0 Å². The smallest absolute Gasteiger partial charge is 0.0947 e. The summed E-state index contributed by atoms with van der Waals surface area (Å²) in [7, 11) is 0. The second-order valence-electron chi connectivity index (χ2n) is 1.05. The Morgan fingerprint density at radius 2 is 0.238 bits per heavy atom. The molecule has 0 amide bonds. The molecule has 0 aliphatic heterocycles. The molecule has 0 nitrogen and oxygen atoms in total. The van der Waals surface area contributed by atoms with Gasteiger partial charge in [0.2, 0.25) is 0 Å². The van der Waals surface area contributed by atoms with Gasteiger partial charge in [-0.15, -0.1) is 0 Å². The third kappa shape index (κ3) is 142000. The molecule has 144 valence electrons. The van der Waals surface area contributed by atoms with Gasteiger partial charge >= 0.3 is 34.7 Å². The fraction of sp³-hybridized carbons (Fsp3) is 0. The highest BCUT2D eigenvalue weighted by molar-refractivity contribution is 8.16. The van der Waals surface area contributed by atoms with Crippen LogP contribution >= 0.6 is 34.7 Å². The molecule has 0 atom stereocenters. The van der Waals surface area contributed by atoms with Gasteiger partial charge in [-0.25, -0.2) is 0 Å². The summed E-state index contributed by atoms with van der Waals surface area (Å²) in [5.74, 6) is 0. The van der Waals surface area contributed by atoms with Crippen LogP contribution in [0.2, 0.25) is 0 Å². The van der Waals surface area contributed by atoms with E-state index in [4.69, 9.17) is 27.4 Å². The minimum Gasteiger partial charge on any atom is -0.0947 e. The van der Waals surface area contributed by atoms with Gasteiger partial charge in [0.25, 0.3) is 0 Å². The lowest BCUT2D eigenvalue weighted by Gasteiger charge is -1.87. The van der Waals surface area contributed by atoms with Gasteiger partial charge in [-0.2, -0.15) is 0 Å². The molecule has 0 aromatic rings. The van der Waals surface area contributed by atoms with Crippen LogP contribution in [0.5, 0.6) is 0 Å². The van der Waals surface area contributed by atoms with E-state index >= 15 is 0 Å². The van der Waals surface area contributed by atoms with Crippen LogP contribution in [0, 0.1) is 0 Å². The molecule has 0 N–H and O–H groups in total. The summed E-state index contributed by atoms with van der Waals surface area (Å²) in [4.78, 5) is 0. The van der Waals surface area contributed by atoms with Crippen molar-refractivity contribution in [3.8, 4) is 0 Å². The van der Waals surface area contributed by atoms with Crippen molar-refractivity contribution in [1.29, 1.82) is 0 Å². The highest BCUT2D eigenvalue weighted by atomic mass is 32.4. The van der Waals surface area contributed by atoms with E-state index in [9.17, 15) is 46.6 Å². The lowest BCUT2D eigenvalue weighted by Crippen LogP contribution is -1.47. The van der Waals surface area contributed by atoms with Crippen LogP contribution < -0.4 is 0 Å². The van der Waals surface area contributed by atoms with Gasteiger partial charge < -0.3 is 0 Å². The van der Waals surface area contributed by atoms with E-state index in [0.717, 1.165) is 0 Å². The van der Waals surface area contributed by atoms with Crippen LogP contribution in [0.4, 0.5) is 74.1 Å². The van der Waals surface area contributed by atoms with Gasteiger partial charge in [-0.3, -0.25) is 0 Å². The van der Waals surface area contributed by atoms with Gasteiger partial charge in [0, 0.05) is 27.4 Å². The lowest BCUT2D eigenvalue weighted by atomic mass is 18.0. The maximum absolute atomic E-state index is 9.77. The van der Waals surface area contributed by atoms with Crippen LogP contribution in [0.3, 0.4) is 0 Å². The van der Waals surface area contributed by atoms with E-state index in [-0.39, 0.29) is 0 Å². The number of rotatable bonds is 0. The Hall–Kier alpha value is -0.210. The van der Waals surface area contributed by atoms with Gasteiger partial charge in [-0.05, 0) is 0 Å². The van der Waals surface area contributed by atoms with Crippen molar-refractivity contribution in [2.45, 2.75) is 0 Å². The summed E-state index contributed by atoms with van der Waals surface area (Å²) in [6, 6.07) is 0. The summed E-state index contributed by atoms with van der Waals surface area (Å²) in [5.41, 5.74) is 0. The summed E-state index contributed by atoms with van der Waals surface area (Å²) in [6.07, 6.45) is 0. The van der Waals surface area contributed by atoms with Crippen LogP contribution in [-0.4, -0.2) is 0 Å². The Bertz CT molecular complexity index is 87.5. The first-order valence-corrected chi connectivity index (χ1v) is 5.98. The third-order valence-corrected chi connectivity index (χ3v) is 0. The molecule has 0 fully saturated rings. The van der Waals surface area contributed by atoms with Gasteiger partial charge in [0.15, 0.2) is 0 Å². The van der Waals surface area contributed by atoms with Gasteiger partial charge in [0.1, 0.15) is 0 Å². The molecule has 0 spiro atoms. The zero-order valence-corrected chi connectivity index (χ0v) is 10.5. The molecule has 0 bridgehead atoms.